The van der Waals surface area contributed by atoms with Crippen molar-refractivity contribution in [2.75, 3.05) is 6.61 Å². The van der Waals surface area contributed by atoms with E-state index in [1.807, 2.05) is 43.3 Å². The number of carbonyl (C=O) groups is 1. The van der Waals surface area contributed by atoms with Crippen molar-refractivity contribution < 1.29 is 14.3 Å². The van der Waals surface area contributed by atoms with E-state index in [2.05, 4.69) is 15.9 Å². The molecule has 3 rings (SSSR count). The van der Waals surface area contributed by atoms with Crippen LogP contribution < -0.4 is 9.47 Å². The fourth-order valence-electron chi connectivity index (χ4n) is 2.40. The predicted molar refractivity (Wildman–Crippen MR) is 98.8 cm³/mol. The van der Waals surface area contributed by atoms with Crippen LogP contribution in [0.15, 0.2) is 65.1 Å². The maximum atomic E-state index is 12.5. The van der Waals surface area contributed by atoms with Gasteiger partial charge >= 0.3 is 5.97 Å². The molecule has 24 heavy (non-hydrogen) atoms. The van der Waals surface area contributed by atoms with Gasteiger partial charge in [0.05, 0.1) is 16.6 Å². The summed E-state index contributed by atoms with van der Waals surface area (Å²) >= 11 is 3.44. The third-order valence-corrected chi connectivity index (χ3v) is 4.20. The summed E-state index contributed by atoms with van der Waals surface area (Å²) in [6.45, 7) is 2.68. The number of ether oxygens (including phenoxy) is 2. The molecule has 0 heterocycles. The summed E-state index contributed by atoms with van der Waals surface area (Å²) in [5.74, 6) is 0.883. The molecule has 0 saturated heterocycles. The van der Waals surface area contributed by atoms with E-state index < -0.39 is 5.97 Å². The summed E-state index contributed by atoms with van der Waals surface area (Å²) in [7, 11) is 0. The number of esters is 1. The van der Waals surface area contributed by atoms with Crippen molar-refractivity contribution in [3.05, 3.63) is 70.7 Å². The van der Waals surface area contributed by atoms with Gasteiger partial charge in [-0.3, -0.25) is 0 Å². The largest absolute Gasteiger partial charge is 0.492 e. The Balaban J connectivity index is 1.83. The average molecular weight is 385 g/mol. The molecule has 3 nitrogen and oxygen atoms in total. The molecular formula is C20H17BrO3. The van der Waals surface area contributed by atoms with Gasteiger partial charge in [-0.15, -0.1) is 0 Å². The quantitative estimate of drug-likeness (QED) is 0.423. The topological polar surface area (TPSA) is 35.5 Å². The van der Waals surface area contributed by atoms with Crippen molar-refractivity contribution >= 4 is 32.7 Å². The Kier molecular flexibility index (Phi) is 5.16. The van der Waals surface area contributed by atoms with Crippen molar-refractivity contribution in [3.8, 4) is 11.5 Å². The van der Waals surface area contributed by atoms with Crippen molar-refractivity contribution in [1.82, 2.24) is 0 Å². The third kappa shape index (κ3) is 3.60. The normalized spacial score (nSPS) is 10.6. The minimum atomic E-state index is -0.394. The van der Waals surface area contributed by atoms with E-state index in [1.54, 1.807) is 24.3 Å². The first-order valence-electron chi connectivity index (χ1n) is 7.81. The molecule has 122 valence electrons. The SMILES string of the molecule is CCCOc1ccc(C(=O)Oc2cccc3ccccc23)cc1Br. The summed E-state index contributed by atoms with van der Waals surface area (Å²) in [5.41, 5.74) is 0.471. The number of hydrogen-bond acceptors (Lipinski definition) is 3. The van der Waals surface area contributed by atoms with Gasteiger partial charge in [0.2, 0.25) is 0 Å². The zero-order valence-electron chi connectivity index (χ0n) is 13.3. The molecule has 0 spiro atoms. The number of fused-ring (bicyclic) bond motifs is 1. The van der Waals surface area contributed by atoms with Crippen LogP contribution >= 0.6 is 15.9 Å². The first-order valence-corrected chi connectivity index (χ1v) is 8.60. The molecule has 0 saturated carbocycles. The lowest BCUT2D eigenvalue weighted by Crippen LogP contribution is -2.09. The minimum Gasteiger partial charge on any atom is -0.492 e. The smallest absolute Gasteiger partial charge is 0.343 e. The van der Waals surface area contributed by atoms with Gasteiger partial charge < -0.3 is 9.47 Å². The Labute approximate surface area is 149 Å². The maximum absolute atomic E-state index is 12.5. The molecule has 3 aromatic rings. The molecule has 0 radical (unpaired) electrons. The molecule has 0 amide bonds. The molecule has 0 atom stereocenters. The predicted octanol–water partition coefficient (Wildman–Crippen LogP) is 5.61. The fraction of sp³-hybridized carbons (Fsp3) is 0.150. The van der Waals surface area contributed by atoms with Crippen molar-refractivity contribution in [2.24, 2.45) is 0 Å². The summed E-state index contributed by atoms with van der Waals surface area (Å²) in [6.07, 6.45) is 0.928. The lowest BCUT2D eigenvalue weighted by atomic mass is 10.1. The third-order valence-electron chi connectivity index (χ3n) is 3.58. The lowest BCUT2D eigenvalue weighted by molar-refractivity contribution is 0.0737. The molecular weight excluding hydrogens is 368 g/mol. The van der Waals surface area contributed by atoms with E-state index in [0.717, 1.165) is 27.4 Å². The van der Waals surface area contributed by atoms with Crippen LogP contribution in [0.2, 0.25) is 0 Å². The zero-order chi connectivity index (χ0) is 16.9. The summed E-state index contributed by atoms with van der Waals surface area (Å²) in [4.78, 5) is 12.5. The number of benzene rings is 3. The van der Waals surface area contributed by atoms with Gasteiger partial charge in [0.15, 0.2) is 0 Å². The molecule has 4 heteroatoms. The standard InChI is InChI=1S/C20H17BrO3/c1-2-12-23-19-11-10-15(13-17(19)21)20(22)24-18-9-5-7-14-6-3-4-8-16(14)18/h3-11,13H,2,12H2,1H3. The summed E-state index contributed by atoms with van der Waals surface area (Å²) < 4.78 is 11.9. The minimum absolute atomic E-state index is 0.394. The van der Waals surface area contributed by atoms with Gasteiger partial charge in [0, 0.05) is 5.39 Å². The molecule has 0 aliphatic carbocycles. The molecule has 3 aromatic carbocycles. The summed E-state index contributed by atoms with van der Waals surface area (Å²) in [6, 6.07) is 18.7. The van der Waals surface area contributed by atoms with E-state index in [0.29, 0.717) is 17.9 Å². The van der Waals surface area contributed by atoms with Gasteiger partial charge in [0.25, 0.3) is 0 Å². The highest BCUT2D eigenvalue weighted by Gasteiger charge is 2.13. The van der Waals surface area contributed by atoms with Crippen LogP contribution in [0.25, 0.3) is 10.8 Å². The molecule has 0 aliphatic heterocycles. The van der Waals surface area contributed by atoms with E-state index in [4.69, 9.17) is 9.47 Å². The second-order valence-corrected chi connectivity index (χ2v) is 6.21. The molecule has 0 aliphatic rings. The summed E-state index contributed by atoms with van der Waals surface area (Å²) in [5, 5.41) is 1.95. The monoisotopic (exact) mass is 384 g/mol. The second kappa shape index (κ2) is 7.49. The molecule has 0 N–H and O–H groups in total. The maximum Gasteiger partial charge on any atom is 0.343 e. The Morgan fingerprint density at radius 3 is 2.58 bits per heavy atom. The zero-order valence-corrected chi connectivity index (χ0v) is 14.9. The van der Waals surface area contributed by atoms with Gasteiger partial charge in [-0.1, -0.05) is 43.3 Å². The second-order valence-electron chi connectivity index (χ2n) is 5.36. The molecule has 0 aromatic heterocycles. The van der Waals surface area contributed by atoms with Crippen LogP contribution in [0.3, 0.4) is 0 Å². The number of halogens is 1. The van der Waals surface area contributed by atoms with Gasteiger partial charge in [0.1, 0.15) is 11.5 Å². The van der Waals surface area contributed by atoms with Crippen LogP contribution in [0.1, 0.15) is 23.7 Å². The Bertz CT molecular complexity index is 868. The Morgan fingerprint density at radius 1 is 1.00 bits per heavy atom. The Morgan fingerprint density at radius 2 is 1.79 bits per heavy atom. The van der Waals surface area contributed by atoms with Crippen molar-refractivity contribution in [1.29, 1.82) is 0 Å². The van der Waals surface area contributed by atoms with Crippen molar-refractivity contribution in [3.63, 3.8) is 0 Å². The Hall–Kier alpha value is -2.33. The first-order chi connectivity index (χ1) is 11.7. The number of rotatable bonds is 5. The van der Waals surface area contributed by atoms with Crippen molar-refractivity contribution in [2.45, 2.75) is 13.3 Å². The van der Waals surface area contributed by atoms with E-state index in [9.17, 15) is 4.79 Å². The van der Waals surface area contributed by atoms with Crippen LogP contribution in [0, 0.1) is 0 Å². The fourth-order valence-corrected chi connectivity index (χ4v) is 2.89. The highest BCUT2D eigenvalue weighted by atomic mass is 79.9. The van der Waals surface area contributed by atoms with E-state index in [-0.39, 0.29) is 0 Å². The van der Waals surface area contributed by atoms with E-state index in [1.165, 1.54) is 0 Å². The average Bonchev–Trinajstić information content (AvgIpc) is 2.61. The van der Waals surface area contributed by atoms with Crippen LogP contribution in [-0.4, -0.2) is 12.6 Å². The lowest BCUT2D eigenvalue weighted by Gasteiger charge is -2.10. The molecule has 0 unspecified atom stereocenters. The first kappa shape index (κ1) is 16.5. The van der Waals surface area contributed by atoms with Gasteiger partial charge in [-0.2, -0.15) is 0 Å². The number of hydrogen-bond donors (Lipinski definition) is 0. The van der Waals surface area contributed by atoms with E-state index >= 15 is 0 Å². The van der Waals surface area contributed by atoms with Crippen LogP contribution in [0.5, 0.6) is 11.5 Å². The highest BCUT2D eigenvalue weighted by Crippen LogP contribution is 2.29. The van der Waals surface area contributed by atoms with Crippen LogP contribution in [0.4, 0.5) is 0 Å². The molecule has 0 fully saturated rings. The highest BCUT2D eigenvalue weighted by molar-refractivity contribution is 9.10. The molecule has 0 bridgehead atoms. The van der Waals surface area contributed by atoms with Gasteiger partial charge in [-0.25, -0.2) is 4.79 Å². The van der Waals surface area contributed by atoms with Crippen LogP contribution in [-0.2, 0) is 0 Å². The van der Waals surface area contributed by atoms with Gasteiger partial charge in [-0.05, 0) is 52.0 Å². The number of carbonyl (C=O) groups excluding carboxylic acids is 1.